The van der Waals surface area contributed by atoms with Crippen molar-refractivity contribution in [3.8, 4) is 0 Å². The molecule has 0 aromatic carbocycles. The highest BCUT2D eigenvalue weighted by Crippen LogP contribution is 2.13. The van der Waals surface area contributed by atoms with Crippen LogP contribution in [-0.2, 0) is 0 Å². The molecule has 4 heteroatoms. The Morgan fingerprint density at radius 2 is 2.43 bits per heavy atom. The number of nitrogens with zero attached hydrogens (tertiary/aromatic N) is 1. The molecule has 0 atom stereocenters. The predicted molar refractivity (Wildman–Crippen MR) is 60.6 cm³/mol. The summed E-state index contributed by atoms with van der Waals surface area (Å²) in [7, 11) is 0. The van der Waals surface area contributed by atoms with E-state index in [1.807, 2.05) is 0 Å². The van der Waals surface area contributed by atoms with Gasteiger partial charge in [-0.15, -0.1) is 0 Å². The number of carbonyl (C=O) groups is 1. The summed E-state index contributed by atoms with van der Waals surface area (Å²) >= 11 is 1.63. The molecular weight excluding hydrogens is 196 g/mol. The summed E-state index contributed by atoms with van der Waals surface area (Å²) in [5.41, 5.74) is 6.71. The summed E-state index contributed by atoms with van der Waals surface area (Å²) < 4.78 is 0. The third-order valence-corrected chi connectivity index (χ3v) is 2.90. The fourth-order valence-corrected chi connectivity index (χ4v) is 1.80. The van der Waals surface area contributed by atoms with Gasteiger partial charge in [-0.25, -0.2) is 0 Å². The van der Waals surface area contributed by atoms with E-state index in [1.165, 1.54) is 6.20 Å². The van der Waals surface area contributed by atoms with Gasteiger partial charge < -0.3 is 5.73 Å². The van der Waals surface area contributed by atoms with Crippen LogP contribution in [0.3, 0.4) is 0 Å². The van der Waals surface area contributed by atoms with E-state index in [0.717, 1.165) is 12.2 Å². The van der Waals surface area contributed by atoms with Gasteiger partial charge in [0.05, 0.1) is 11.3 Å². The van der Waals surface area contributed by atoms with Crippen LogP contribution in [0.4, 0.5) is 5.69 Å². The molecule has 0 spiro atoms. The van der Waals surface area contributed by atoms with Gasteiger partial charge in [-0.3, -0.25) is 9.78 Å². The number of anilines is 1. The topological polar surface area (TPSA) is 56.0 Å². The summed E-state index contributed by atoms with van der Waals surface area (Å²) in [5.74, 6) is 1.56. The van der Waals surface area contributed by atoms with Crippen molar-refractivity contribution >= 4 is 23.2 Å². The second kappa shape index (κ2) is 5.65. The van der Waals surface area contributed by atoms with Crippen LogP contribution >= 0.6 is 11.8 Å². The molecule has 0 radical (unpaired) electrons. The number of pyridine rings is 1. The zero-order chi connectivity index (χ0) is 10.4. The molecule has 14 heavy (non-hydrogen) atoms. The number of ketones is 1. The predicted octanol–water partition coefficient (Wildman–Crippen LogP) is 1.99. The first kappa shape index (κ1) is 11.0. The number of thioether (sulfide) groups is 1. The standard InChI is InChI=1S/C10H14N2OS/c1-2-5-14-7-10(13)8-6-12-4-3-9(8)11/h3-4,6H,2,5,7H2,1H3,(H2,11,12). The summed E-state index contributed by atoms with van der Waals surface area (Å²) in [6.07, 6.45) is 4.20. The van der Waals surface area contributed by atoms with Crippen LogP contribution in [-0.4, -0.2) is 22.3 Å². The first-order valence-electron chi connectivity index (χ1n) is 4.56. The molecule has 0 amide bonds. The van der Waals surface area contributed by atoms with Gasteiger partial charge in [0.1, 0.15) is 0 Å². The molecule has 0 saturated carbocycles. The van der Waals surface area contributed by atoms with E-state index >= 15 is 0 Å². The number of hydrogen-bond donors (Lipinski definition) is 1. The van der Waals surface area contributed by atoms with Gasteiger partial charge in [0.25, 0.3) is 0 Å². The van der Waals surface area contributed by atoms with E-state index in [9.17, 15) is 4.79 Å². The summed E-state index contributed by atoms with van der Waals surface area (Å²) in [4.78, 5) is 15.5. The molecule has 1 aromatic rings. The Morgan fingerprint density at radius 3 is 3.07 bits per heavy atom. The van der Waals surface area contributed by atoms with Gasteiger partial charge in [-0.1, -0.05) is 6.92 Å². The fraction of sp³-hybridized carbons (Fsp3) is 0.400. The molecule has 1 aromatic heterocycles. The van der Waals surface area contributed by atoms with E-state index in [1.54, 1.807) is 24.0 Å². The summed E-state index contributed by atoms with van der Waals surface area (Å²) in [6.45, 7) is 2.09. The SMILES string of the molecule is CCCSCC(=O)c1cnccc1N. The van der Waals surface area contributed by atoms with Crippen LogP contribution < -0.4 is 5.73 Å². The smallest absolute Gasteiger partial charge is 0.176 e. The molecule has 1 heterocycles. The normalized spacial score (nSPS) is 10.1. The summed E-state index contributed by atoms with van der Waals surface area (Å²) in [5, 5.41) is 0. The van der Waals surface area contributed by atoms with E-state index in [2.05, 4.69) is 11.9 Å². The molecule has 76 valence electrons. The number of hydrogen-bond acceptors (Lipinski definition) is 4. The Labute approximate surface area is 88.1 Å². The second-order valence-corrected chi connectivity index (χ2v) is 4.04. The lowest BCUT2D eigenvalue weighted by atomic mass is 10.2. The highest BCUT2D eigenvalue weighted by Gasteiger charge is 2.08. The van der Waals surface area contributed by atoms with Crippen molar-refractivity contribution in [1.29, 1.82) is 0 Å². The Morgan fingerprint density at radius 1 is 1.64 bits per heavy atom. The van der Waals surface area contributed by atoms with Crippen LogP contribution in [0, 0.1) is 0 Å². The van der Waals surface area contributed by atoms with Crippen LogP contribution in [0.2, 0.25) is 0 Å². The zero-order valence-corrected chi connectivity index (χ0v) is 9.01. The number of carbonyl (C=O) groups excluding carboxylic acids is 1. The molecule has 1 rings (SSSR count). The molecule has 0 aliphatic carbocycles. The maximum atomic E-state index is 11.6. The van der Waals surface area contributed by atoms with Gasteiger partial charge in [-0.2, -0.15) is 11.8 Å². The van der Waals surface area contributed by atoms with E-state index < -0.39 is 0 Å². The molecule has 0 saturated heterocycles. The maximum Gasteiger partial charge on any atom is 0.176 e. The third-order valence-electron chi connectivity index (χ3n) is 1.74. The van der Waals surface area contributed by atoms with Crippen molar-refractivity contribution < 1.29 is 4.79 Å². The van der Waals surface area contributed by atoms with Gasteiger partial charge in [-0.05, 0) is 18.2 Å². The van der Waals surface area contributed by atoms with Crippen molar-refractivity contribution in [2.45, 2.75) is 13.3 Å². The molecule has 0 bridgehead atoms. The lowest BCUT2D eigenvalue weighted by Gasteiger charge is -2.02. The molecule has 3 nitrogen and oxygen atoms in total. The Kier molecular flexibility index (Phi) is 4.46. The highest BCUT2D eigenvalue weighted by molar-refractivity contribution is 7.99. The number of aromatic nitrogens is 1. The molecule has 0 unspecified atom stereocenters. The first-order chi connectivity index (χ1) is 6.75. The molecular formula is C10H14N2OS. The minimum Gasteiger partial charge on any atom is -0.398 e. The second-order valence-electron chi connectivity index (χ2n) is 2.94. The van der Waals surface area contributed by atoms with Crippen LogP contribution in [0.5, 0.6) is 0 Å². The van der Waals surface area contributed by atoms with Crippen LogP contribution in [0.1, 0.15) is 23.7 Å². The largest absolute Gasteiger partial charge is 0.398 e. The number of rotatable bonds is 5. The van der Waals surface area contributed by atoms with Crippen molar-refractivity contribution in [3.05, 3.63) is 24.0 Å². The molecule has 0 fully saturated rings. The van der Waals surface area contributed by atoms with Crippen LogP contribution in [0.25, 0.3) is 0 Å². The van der Waals surface area contributed by atoms with Crippen molar-refractivity contribution in [2.24, 2.45) is 0 Å². The van der Waals surface area contributed by atoms with Crippen LogP contribution in [0.15, 0.2) is 18.5 Å². The lowest BCUT2D eigenvalue weighted by molar-refractivity contribution is 0.102. The zero-order valence-electron chi connectivity index (χ0n) is 8.19. The molecule has 2 N–H and O–H groups in total. The average molecular weight is 210 g/mol. The van der Waals surface area contributed by atoms with Gasteiger partial charge in [0.2, 0.25) is 0 Å². The fourth-order valence-electron chi connectivity index (χ4n) is 1.03. The quantitative estimate of drug-likeness (QED) is 0.596. The lowest BCUT2D eigenvalue weighted by Crippen LogP contribution is -2.07. The summed E-state index contributed by atoms with van der Waals surface area (Å²) in [6, 6.07) is 1.65. The van der Waals surface area contributed by atoms with Crippen molar-refractivity contribution in [2.75, 3.05) is 17.2 Å². The van der Waals surface area contributed by atoms with Gasteiger partial charge in [0, 0.05) is 18.1 Å². The minimum absolute atomic E-state index is 0.0639. The van der Waals surface area contributed by atoms with E-state index in [-0.39, 0.29) is 5.78 Å². The minimum atomic E-state index is 0.0639. The van der Waals surface area contributed by atoms with E-state index in [0.29, 0.717) is 17.0 Å². The number of Topliss-reactive ketones (excluding diaryl/α,β-unsaturated/α-hetero) is 1. The van der Waals surface area contributed by atoms with E-state index in [4.69, 9.17) is 5.73 Å². The number of nitrogen functional groups attached to an aromatic ring is 1. The monoisotopic (exact) mass is 210 g/mol. The molecule has 0 aliphatic heterocycles. The molecule has 0 aliphatic rings. The van der Waals surface area contributed by atoms with Gasteiger partial charge in [0.15, 0.2) is 5.78 Å². The van der Waals surface area contributed by atoms with Gasteiger partial charge >= 0.3 is 0 Å². The van der Waals surface area contributed by atoms with Crippen molar-refractivity contribution in [1.82, 2.24) is 4.98 Å². The van der Waals surface area contributed by atoms with Crippen molar-refractivity contribution in [3.63, 3.8) is 0 Å². The Bertz CT molecular complexity index is 315. The Balaban J connectivity index is 2.56. The third kappa shape index (κ3) is 3.03. The maximum absolute atomic E-state index is 11.6. The number of nitrogens with two attached hydrogens (primary N) is 1. The first-order valence-corrected chi connectivity index (χ1v) is 5.71. The average Bonchev–Trinajstić information content (AvgIpc) is 2.18. The highest BCUT2D eigenvalue weighted by atomic mass is 32.2. The Hall–Kier alpha value is -1.03.